The molecule has 0 saturated heterocycles. The molecule has 1 atom stereocenters. The molecule has 0 spiro atoms. The van der Waals surface area contributed by atoms with Crippen molar-refractivity contribution in [1.82, 2.24) is 24.8 Å². The van der Waals surface area contributed by atoms with E-state index < -0.39 is 5.60 Å². The summed E-state index contributed by atoms with van der Waals surface area (Å²) >= 11 is 6.07. The number of hydrogen-bond acceptors (Lipinski definition) is 9. The van der Waals surface area contributed by atoms with E-state index in [4.69, 9.17) is 32.4 Å². The zero-order valence-electron chi connectivity index (χ0n) is 19.6. The summed E-state index contributed by atoms with van der Waals surface area (Å²) in [4.78, 5) is 9.21. The van der Waals surface area contributed by atoms with Gasteiger partial charge in [0.05, 0.1) is 5.52 Å². The van der Waals surface area contributed by atoms with Crippen LogP contribution in [0.3, 0.4) is 0 Å². The van der Waals surface area contributed by atoms with Crippen LogP contribution in [0.2, 0.25) is 5.02 Å². The molecule has 182 valence electrons. The fraction of sp³-hybridized carbons (Fsp3) is 0.333. The monoisotopic (exact) mass is 495 g/mol. The van der Waals surface area contributed by atoms with Crippen LogP contribution in [0.15, 0.2) is 35.0 Å². The number of aromatic nitrogens is 5. The first-order chi connectivity index (χ1) is 16.6. The van der Waals surface area contributed by atoms with Gasteiger partial charge in [0, 0.05) is 23.7 Å². The Hall–Kier alpha value is -3.65. The summed E-state index contributed by atoms with van der Waals surface area (Å²) in [6.45, 7) is 5.90. The number of nitrogen functional groups attached to an aromatic ring is 1. The Morgan fingerprint density at radius 2 is 2.06 bits per heavy atom. The van der Waals surface area contributed by atoms with E-state index in [1.54, 1.807) is 19.9 Å². The molecule has 0 unspecified atom stereocenters. The first-order valence-electron chi connectivity index (χ1n) is 11.0. The van der Waals surface area contributed by atoms with Gasteiger partial charge in [0.25, 0.3) is 0 Å². The predicted octanol–water partition coefficient (Wildman–Crippen LogP) is 2.81. The summed E-state index contributed by atoms with van der Waals surface area (Å²) in [6, 6.07) is 9.02. The number of nitrogens with zero attached hydrogens (tertiary/aromatic N) is 5. The van der Waals surface area contributed by atoms with Gasteiger partial charge < -0.3 is 25.9 Å². The molecule has 10 nitrogen and oxygen atoms in total. The molecular formula is C24H26ClN7O3. The highest BCUT2D eigenvalue weighted by molar-refractivity contribution is 6.30. The summed E-state index contributed by atoms with van der Waals surface area (Å²) in [7, 11) is 0. The van der Waals surface area contributed by atoms with Crippen molar-refractivity contribution in [2.24, 2.45) is 5.73 Å². The molecule has 0 amide bonds. The lowest BCUT2D eigenvalue weighted by Crippen LogP contribution is -2.30. The van der Waals surface area contributed by atoms with E-state index >= 15 is 0 Å². The maximum atomic E-state index is 10.1. The van der Waals surface area contributed by atoms with E-state index in [0.717, 1.165) is 5.56 Å². The molecule has 0 aliphatic rings. The minimum Gasteiger partial charge on any atom is -0.476 e. The number of nitrogens with two attached hydrogens (primary N) is 2. The van der Waals surface area contributed by atoms with Gasteiger partial charge in [-0.05, 0) is 61.1 Å². The first kappa shape index (κ1) is 24.5. The fourth-order valence-electron chi connectivity index (χ4n) is 3.54. The van der Waals surface area contributed by atoms with Crippen molar-refractivity contribution in [3.8, 4) is 29.2 Å². The lowest BCUT2D eigenvalue weighted by Gasteiger charge is -2.14. The Balaban J connectivity index is 1.70. The van der Waals surface area contributed by atoms with Gasteiger partial charge in [0.15, 0.2) is 17.3 Å². The molecular weight excluding hydrogens is 470 g/mol. The number of aryl methyl sites for hydroxylation is 1. The third-order valence-electron chi connectivity index (χ3n) is 5.07. The van der Waals surface area contributed by atoms with E-state index in [0.29, 0.717) is 52.1 Å². The third kappa shape index (κ3) is 5.71. The van der Waals surface area contributed by atoms with Gasteiger partial charge >= 0.3 is 0 Å². The van der Waals surface area contributed by atoms with Crippen molar-refractivity contribution in [3.63, 3.8) is 0 Å². The van der Waals surface area contributed by atoms with Gasteiger partial charge in [-0.25, -0.2) is 14.6 Å². The predicted molar refractivity (Wildman–Crippen MR) is 133 cm³/mol. The maximum absolute atomic E-state index is 10.1. The van der Waals surface area contributed by atoms with Crippen LogP contribution in [0.1, 0.15) is 32.0 Å². The molecule has 0 radical (unpaired) electrons. The van der Waals surface area contributed by atoms with Gasteiger partial charge in [-0.2, -0.15) is 0 Å². The quantitative estimate of drug-likeness (QED) is 0.328. The van der Waals surface area contributed by atoms with E-state index in [-0.39, 0.29) is 18.5 Å². The van der Waals surface area contributed by atoms with Crippen molar-refractivity contribution in [2.75, 3.05) is 12.3 Å². The van der Waals surface area contributed by atoms with Gasteiger partial charge in [0.1, 0.15) is 23.4 Å². The molecule has 0 bridgehead atoms. The standard InChI is InChI=1S/C24H26ClN7O3/c1-4-32-18-12-19(34-13-16(26)11-14-6-5-7-15(25)10-14)28-17(8-9-24(2,3)33)20(18)29-23(32)21-22(27)31-35-30-21/h5-7,10,12,16,33H,4,11,13,26H2,1-3H3,(H2,27,31)/t16-/m1/s1. The van der Waals surface area contributed by atoms with E-state index in [9.17, 15) is 5.11 Å². The van der Waals surface area contributed by atoms with Crippen LogP contribution in [0, 0.1) is 11.8 Å². The smallest absolute Gasteiger partial charge is 0.216 e. The summed E-state index contributed by atoms with van der Waals surface area (Å²) in [5, 5.41) is 18.3. The van der Waals surface area contributed by atoms with E-state index in [2.05, 4.69) is 32.1 Å². The highest BCUT2D eigenvalue weighted by Gasteiger charge is 2.22. The van der Waals surface area contributed by atoms with Crippen LogP contribution in [-0.2, 0) is 13.0 Å². The number of aliphatic hydroxyl groups is 1. The van der Waals surface area contributed by atoms with Crippen LogP contribution in [0.25, 0.3) is 22.6 Å². The van der Waals surface area contributed by atoms with Gasteiger partial charge in [-0.15, -0.1) is 0 Å². The van der Waals surface area contributed by atoms with Gasteiger partial charge in [-0.3, -0.25) is 0 Å². The Kier molecular flexibility index (Phi) is 6.93. The topological polar surface area (TPSA) is 151 Å². The molecule has 0 saturated carbocycles. The second-order valence-electron chi connectivity index (χ2n) is 8.57. The minimum absolute atomic E-state index is 0.121. The van der Waals surface area contributed by atoms with Crippen LogP contribution < -0.4 is 16.2 Å². The zero-order chi connectivity index (χ0) is 25.2. The third-order valence-corrected chi connectivity index (χ3v) is 5.31. The summed E-state index contributed by atoms with van der Waals surface area (Å²) in [5.41, 5.74) is 13.9. The number of fused-ring (bicyclic) bond motifs is 1. The number of imidazole rings is 1. The molecule has 3 aromatic heterocycles. The Morgan fingerprint density at radius 1 is 1.26 bits per heavy atom. The normalized spacial score (nSPS) is 12.4. The summed E-state index contributed by atoms with van der Waals surface area (Å²) in [6.07, 6.45) is 0.587. The van der Waals surface area contributed by atoms with Crippen molar-refractivity contribution in [2.45, 2.75) is 45.4 Å². The summed E-state index contributed by atoms with van der Waals surface area (Å²) in [5.74, 6) is 6.61. The fourth-order valence-corrected chi connectivity index (χ4v) is 3.75. The number of hydrogen-bond donors (Lipinski definition) is 3. The van der Waals surface area contributed by atoms with Crippen molar-refractivity contribution in [3.05, 3.63) is 46.6 Å². The molecule has 4 aromatic rings. The van der Waals surface area contributed by atoms with Gasteiger partial charge in [0.2, 0.25) is 5.88 Å². The van der Waals surface area contributed by atoms with Crippen molar-refractivity contribution in [1.29, 1.82) is 0 Å². The average Bonchev–Trinajstić information content (AvgIpc) is 3.38. The van der Waals surface area contributed by atoms with Crippen molar-refractivity contribution >= 4 is 28.5 Å². The molecule has 0 aliphatic heterocycles. The van der Waals surface area contributed by atoms with Crippen molar-refractivity contribution < 1.29 is 14.5 Å². The number of ether oxygens (including phenoxy) is 1. The van der Waals surface area contributed by atoms with Crippen LogP contribution in [0.5, 0.6) is 5.88 Å². The number of anilines is 1. The average molecular weight is 496 g/mol. The number of rotatable bonds is 7. The molecule has 4 rings (SSSR count). The highest BCUT2D eigenvalue weighted by atomic mass is 35.5. The van der Waals surface area contributed by atoms with E-state index in [1.165, 1.54) is 0 Å². The van der Waals surface area contributed by atoms with Crippen LogP contribution in [-0.4, -0.2) is 48.2 Å². The molecule has 5 N–H and O–H groups in total. The number of halogens is 1. The molecule has 0 fully saturated rings. The summed E-state index contributed by atoms with van der Waals surface area (Å²) < 4.78 is 12.6. The molecule has 0 aliphatic carbocycles. The molecule has 3 heterocycles. The lowest BCUT2D eigenvalue weighted by atomic mass is 10.1. The Morgan fingerprint density at radius 3 is 2.71 bits per heavy atom. The van der Waals surface area contributed by atoms with Crippen LogP contribution >= 0.6 is 11.6 Å². The SMILES string of the molecule is CCn1c(-c2nonc2N)nc2c(C#CC(C)(C)O)nc(OC[C@H](N)Cc3cccc(Cl)c3)cc21. The minimum atomic E-state index is -1.22. The molecule has 35 heavy (non-hydrogen) atoms. The maximum Gasteiger partial charge on any atom is 0.216 e. The van der Waals surface area contributed by atoms with E-state index in [1.807, 2.05) is 35.8 Å². The number of benzene rings is 1. The van der Waals surface area contributed by atoms with Gasteiger partial charge in [-0.1, -0.05) is 29.7 Å². The van der Waals surface area contributed by atoms with Crippen LogP contribution in [0.4, 0.5) is 5.82 Å². The molecule has 1 aromatic carbocycles. The largest absolute Gasteiger partial charge is 0.476 e. The highest BCUT2D eigenvalue weighted by Crippen LogP contribution is 2.30. The number of pyridine rings is 1. The lowest BCUT2D eigenvalue weighted by molar-refractivity contribution is 0.143. The second kappa shape index (κ2) is 9.92. The second-order valence-corrected chi connectivity index (χ2v) is 9.01. The Bertz CT molecular complexity index is 1410. The molecule has 11 heteroatoms. The zero-order valence-corrected chi connectivity index (χ0v) is 20.4. The Labute approximate surface area is 207 Å². The first-order valence-corrected chi connectivity index (χ1v) is 11.4.